The van der Waals surface area contributed by atoms with E-state index in [9.17, 15) is 24.7 Å². The molecule has 0 bridgehead atoms. The van der Waals surface area contributed by atoms with Gasteiger partial charge in [0.05, 0.1) is 5.56 Å². The van der Waals surface area contributed by atoms with Gasteiger partial charge in [-0.2, -0.15) is 5.23 Å². The Morgan fingerprint density at radius 3 is 2.48 bits per heavy atom. The highest BCUT2D eigenvalue weighted by atomic mass is 16.8. The number of hydrogen-bond acceptors (Lipinski definition) is 8. The number of nitrogens with one attached hydrogen (secondary N) is 3. The quantitative estimate of drug-likeness (QED) is 0.104. The van der Waals surface area contributed by atoms with Gasteiger partial charge < -0.3 is 31.2 Å². The van der Waals surface area contributed by atoms with Gasteiger partial charge in [-0.1, -0.05) is 12.1 Å². The number of carbonyl (C=O) groups excluding carboxylic acids is 1. The number of para-hydroxylation sites is 1. The third-order valence-corrected chi connectivity index (χ3v) is 3.73. The fourth-order valence-electron chi connectivity index (χ4n) is 2.33. The number of rotatable bonds is 10. The first kappa shape index (κ1) is 23.8. The molecule has 0 aliphatic rings. The Hall–Kier alpha value is -3.26. The van der Waals surface area contributed by atoms with Gasteiger partial charge in [0.2, 0.25) is 6.10 Å². The van der Waals surface area contributed by atoms with Gasteiger partial charge in [0.1, 0.15) is 6.04 Å². The summed E-state index contributed by atoms with van der Waals surface area (Å²) >= 11 is 0. The topological polar surface area (TPSA) is 211 Å². The van der Waals surface area contributed by atoms with Crippen molar-refractivity contribution in [1.29, 1.82) is 0 Å². The Morgan fingerprint density at radius 1 is 1.28 bits per heavy atom. The number of ether oxygens (including phenoxy) is 1. The van der Waals surface area contributed by atoms with Crippen LogP contribution in [0.3, 0.4) is 0 Å². The molecule has 0 spiro atoms. The van der Waals surface area contributed by atoms with E-state index < -0.39 is 35.4 Å². The molecule has 0 aliphatic carbocycles. The molecule has 1 aromatic rings. The van der Waals surface area contributed by atoms with Gasteiger partial charge in [0, 0.05) is 12.6 Å². The van der Waals surface area contributed by atoms with Crippen LogP contribution in [0.5, 0.6) is 0 Å². The first-order valence-corrected chi connectivity index (χ1v) is 8.40. The van der Waals surface area contributed by atoms with Crippen LogP contribution < -0.4 is 21.6 Å². The molecular weight excluding hydrogens is 390 g/mol. The van der Waals surface area contributed by atoms with Crippen molar-refractivity contribution in [1.82, 2.24) is 10.6 Å². The smallest absolute Gasteiger partial charge is 0.415 e. The molecule has 3 atom stereocenters. The molecule has 0 fully saturated rings. The summed E-state index contributed by atoms with van der Waals surface area (Å²) in [6.07, 6.45) is -2.47. The van der Waals surface area contributed by atoms with Crippen molar-refractivity contribution >= 4 is 29.7 Å². The van der Waals surface area contributed by atoms with Gasteiger partial charge in [-0.05, 0) is 26.0 Å². The molecule has 2 unspecified atom stereocenters. The van der Waals surface area contributed by atoms with Gasteiger partial charge in [-0.25, -0.2) is 14.8 Å². The molecular formula is C16H23N5O8. The largest absolute Gasteiger partial charge is 0.595 e. The number of carboxylic acid groups (broad SMARTS) is 2. The molecule has 13 nitrogen and oxygen atoms in total. The number of alkyl carbamates (subject to hydrolysis) is 1. The van der Waals surface area contributed by atoms with Crippen molar-refractivity contribution in [2.24, 2.45) is 10.7 Å². The Kier molecular flexibility index (Phi) is 9.47. The summed E-state index contributed by atoms with van der Waals surface area (Å²) in [5.74, 6) is -2.94. The van der Waals surface area contributed by atoms with E-state index in [1.54, 1.807) is 0 Å². The minimum absolute atomic E-state index is 0.113. The lowest BCUT2D eigenvalue weighted by Crippen LogP contribution is -2.99. The summed E-state index contributed by atoms with van der Waals surface area (Å²) in [7, 11) is 1.51. The lowest BCUT2D eigenvalue weighted by atomic mass is 10.1. The first-order chi connectivity index (χ1) is 13.7. The molecule has 1 rings (SSSR count). The number of hydrogen-bond donors (Lipinski definition) is 7. The zero-order chi connectivity index (χ0) is 22.0. The normalized spacial score (nSPS) is 14.5. The lowest BCUT2D eigenvalue weighted by molar-refractivity contribution is -0.991. The lowest BCUT2D eigenvalue weighted by Gasteiger charge is -2.19. The molecule has 0 saturated carbocycles. The van der Waals surface area contributed by atoms with Crippen LogP contribution in [0.15, 0.2) is 29.3 Å². The average Bonchev–Trinajstić information content (AvgIpc) is 2.65. The van der Waals surface area contributed by atoms with E-state index in [1.807, 2.05) is 5.32 Å². The highest BCUT2D eigenvalue weighted by molar-refractivity contribution is 5.93. The predicted octanol–water partition coefficient (Wildman–Crippen LogP) is -1.29. The Bertz CT molecular complexity index is 755. The van der Waals surface area contributed by atoms with Crippen molar-refractivity contribution in [3.8, 4) is 0 Å². The number of nitrogens with zero attached hydrogens (tertiary/aromatic N) is 1. The monoisotopic (exact) mass is 413 g/mol. The number of amides is 1. The molecule has 0 radical (unpaired) electrons. The number of benzene rings is 1. The summed E-state index contributed by atoms with van der Waals surface area (Å²) in [6, 6.07) is 4.47. The fraction of sp³-hybridized carbons (Fsp3) is 0.375. The second-order valence-electron chi connectivity index (χ2n) is 5.73. The summed E-state index contributed by atoms with van der Waals surface area (Å²) in [4.78, 5) is 38.0. The van der Waals surface area contributed by atoms with Crippen LogP contribution in [0.25, 0.3) is 0 Å². The first-order valence-electron chi connectivity index (χ1n) is 8.40. The van der Waals surface area contributed by atoms with E-state index in [-0.39, 0.29) is 30.2 Å². The van der Waals surface area contributed by atoms with E-state index >= 15 is 0 Å². The van der Waals surface area contributed by atoms with Gasteiger partial charge in [-0.15, -0.1) is 0 Å². The van der Waals surface area contributed by atoms with Crippen molar-refractivity contribution < 1.29 is 39.8 Å². The number of nitrogens with two attached hydrogens (primary N) is 1. The molecule has 0 aromatic heterocycles. The van der Waals surface area contributed by atoms with Crippen molar-refractivity contribution in [3.63, 3.8) is 0 Å². The number of aliphatic carboxylic acids is 2. The third-order valence-electron chi connectivity index (χ3n) is 3.73. The second-order valence-corrected chi connectivity index (χ2v) is 5.73. The fourth-order valence-corrected chi connectivity index (χ4v) is 2.33. The van der Waals surface area contributed by atoms with Gasteiger partial charge in [0.15, 0.2) is 11.6 Å². The maximum atomic E-state index is 11.9. The highest BCUT2D eigenvalue weighted by Crippen LogP contribution is 2.23. The highest BCUT2D eigenvalue weighted by Gasteiger charge is 2.29. The molecule has 29 heavy (non-hydrogen) atoms. The summed E-state index contributed by atoms with van der Waals surface area (Å²) in [5.41, 5.74) is 4.97. The van der Waals surface area contributed by atoms with Gasteiger partial charge >= 0.3 is 18.0 Å². The predicted molar refractivity (Wildman–Crippen MR) is 98.4 cm³/mol. The van der Waals surface area contributed by atoms with Crippen LogP contribution >= 0.6 is 0 Å². The number of quaternary nitrogens is 1. The maximum absolute atomic E-state index is 11.9. The van der Waals surface area contributed by atoms with E-state index in [0.717, 1.165) is 0 Å². The molecule has 1 amide bonds. The molecule has 0 heterocycles. The standard InChI is InChI=1S/C16H23N5O8/c1-18-10(13(22)23)6-4-8-19-15(17)20-16(26)29-12(14(24)25)9-5-2-3-7-11(9)21(27)28/h2-3,5,7,10,12,18,21,27H,4,6,8H2,1H3,(H,22,23)(H,24,25)(H3,17,19,20,26)/t10-,12?/m0/s1. The van der Waals surface area contributed by atoms with Crippen LogP contribution in [0.2, 0.25) is 0 Å². The SMILES string of the molecule is CN[C@@H](CCCN=C(N)NC(=O)OC(C(=O)O)c1ccccc1[NH+]([O-])O)C(=O)O. The number of carbonyl (C=O) groups is 3. The van der Waals surface area contributed by atoms with Crippen LogP contribution in [-0.2, 0) is 14.3 Å². The van der Waals surface area contributed by atoms with Crippen molar-refractivity contribution in [3.05, 3.63) is 35.0 Å². The molecule has 1 aromatic carbocycles. The number of aliphatic imine (C=N–C) groups is 1. The minimum Gasteiger partial charge on any atom is -0.595 e. The van der Waals surface area contributed by atoms with Gasteiger partial charge in [0.25, 0.3) is 0 Å². The Labute approximate surface area is 165 Å². The van der Waals surface area contributed by atoms with Crippen molar-refractivity contribution in [2.75, 3.05) is 13.6 Å². The van der Waals surface area contributed by atoms with Crippen LogP contribution in [0.4, 0.5) is 10.5 Å². The van der Waals surface area contributed by atoms with Crippen LogP contribution in [0.1, 0.15) is 24.5 Å². The summed E-state index contributed by atoms with van der Waals surface area (Å²) in [5, 5.41) is 41.9. The summed E-state index contributed by atoms with van der Waals surface area (Å²) < 4.78 is 4.79. The zero-order valence-electron chi connectivity index (χ0n) is 15.5. The third kappa shape index (κ3) is 7.71. The number of likely N-dealkylation sites (N-methyl/N-ethyl adjacent to an activating group) is 1. The van der Waals surface area contributed by atoms with Crippen LogP contribution in [-0.4, -0.2) is 59.0 Å². The Balaban J connectivity index is 2.69. The molecule has 0 saturated heterocycles. The van der Waals surface area contributed by atoms with Crippen molar-refractivity contribution in [2.45, 2.75) is 25.0 Å². The van der Waals surface area contributed by atoms with E-state index in [0.29, 0.717) is 6.42 Å². The minimum atomic E-state index is -1.87. The average molecular weight is 413 g/mol. The van der Waals surface area contributed by atoms with Crippen LogP contribution in [0, 0.1) is 5.21 Å². The Morgan fingerprint density at radius 2 is 1.93 bits per heavy atom. The maximum Gasteiger partial charge on any atom is 0.415 e. The molecule has 8 N–H and O–H groups in total. The molecule has 160 valence electrons. The zero-order valence-corrected chi connectivity index (χ0v) is 15.5. The van der Waals surface area contributed by atoms with Gasteiger partial charge in [-0.3, -0.25) is 15.1 Å². The number of carboxylic acids is 2. The second kappa shape index (κ2) is 11.6. The molecule has 13 heteroatoms. The molecule has 0 aliphatic heterocycles. The van der Waals surface area contributed by atoms with E-state index in [1.165, 1.54) is 31.3 Å². The van der Waals surface area contributed by atoms with E-state index in [4.69, 9.17) is 20.8 Å². The summed E-state index contributed by atoms with van der Waals surface area (Å²) in [6.45, 7) is 0.113. The van der Waals surface area contributed by atoms with E-state index in [2.05, 4.69) is 10.3 Å². The number of guanidine groups is 1.